The quantitative estimate of drug-likeness (QED) is 0.819. The second-order valence-electron chi connectivity index (χ2n) is 5.47. The number of hydrogen-bond donors (Lipinski definition) is 1. The molecule has 112 valence electrons. The van der Waals surface area contributed by atoms with Crippen LogP contribution in [0.2, 0.25) is 0 Å². The van der Waals surface area contributed by atoms with Crippen LogP contribution in [0.25, 0.3) is 0 Å². The number of sulfonamides is 1. The Labute approximate surface area is 129 Å². The largest absolute Gasteiger partial charge is 0.389 e. The van der Waals surface area contributed by atoms with Crippen LogP contribution in [0.3, 0.4) is 0 Å². The second kappa shape index (κ2) is 6.13. The zero-order valence-electron chi connectivity index (χ0n) is 11.5. The fraction of sp³-hybridized carbons (Fsp3) is 0.571. The summed E-state index contributed by atoms with van der Waals surface area (Å²) >= 11 is 3.33. The highest BCUT2D eigenvalue weighted by atomic mass is 79.9. The summed E-state index contributed by atoms with van der Waals surface area (Å²) in [6.07, 6.45) is 3.28. The van der Waals surface area contributed by atoms with E-state index in [2.05, 4.69) is 15.9 Å². The monoisotopic (exact) mass is 361 g/mol. The molecule has 0 radical (unpaired) electrons. The first kappa shape index (κ1) is 15.9. The molecule has 0 aromatic heterocycles. The maximum atomic E-state index is 12.5. The number of alkyl halides is 1. The van der Waals surface area contributed by atoms with Crippen LogP contribution >= 0.6 is 15.9 Å². The molecule has 1 saturated carbocycles. The molecule has 1 aliphatic carbocycles. The number of benzene rings is 1. The topological polar surface area (TPSA) is 57.6 Å². The van der Waals surface area contributed by atoms with Crippen molar-refractivity contribution in [2.24, 2.45) is 0 Å². The number of hydrogen-bond acceptors (Lipinski definition) is 3. The van der Waals surface area contributed by atoms with E-state index < -0.39 is 15.6 Å². The molecular weight excluding hydrogens is 342 g/mol. The van der Waals surface area contributed by atoms with Gasteiger partial charge in [0.05, 0.1) is 10.5 Å². The third-order valence-electron chi connectivity index (χ3n) is 3.84. The molecule has 1 N–H and O–H groups in total. The highest BCUT2D eigenvalue weighted by Gasteiger charge is 2.35. The highest BCUT2D eigenvalue weighted by Crippen LogP contribution is 2.31. The van der Waals surface area contributed by atoms with Gasteiger partial charge >= 0.3 is 0 Å². The predicted octanol–water partition coefficient (Wildman–Crippen LogP) is 2.51. The molecule has 1 aromatic rings. The van der Waals surface area contributed by atoms with Crippen LogP contribution in [0, 0.1) is 0 Å². The Kier molecular flexibility index (Phi) is 4.89. The molecule has 0 aliphatic heterocycles. The van der Waals surface area contributed by atoms with Gasteiger partial charge in [-0.2, -0.15) is 4.31 Å². The Bertz CT molecular complexity index is 550. The van der Waals surface area contributed by atoms with Gasteiger partial charge in [0.1, 0.15) is 0 Å². The Morgan fingerprint density at radius 1 is 1.25 bits per heavy atom. The maximum absolute atomic E-state index is 12.5. The van der Waals surface area contributed by atoms with Crippen LogP contribution < -0.4 is 0 Å². The first-order valence-electron chi connectivity index (χ1n) is 6.71. The van der Waals surface area contributed by atoms with Gasteiger partial charge in [-0.1, -0.05) is 40.9 Å². The summed E-state index contributed by atoms with van der Waals surface area (Å²) in [5.74, 6) is 0. The van der Waals surface area contributed by atoms with Crippen molar-refractivity contribution in [2.45, 2.75) is 41.5 Å². The summed E-state index contributed by atoms with van der Waals surface area (Å²) in [5, 5.41) is 11.0. The van der Waals surface area contributed by atoms with E-state index in [0.717, 1.165) is 18.4 Å². The summed E-state index contributed by atoms with van der Waals surface area (Å²) < 4.78 is 26.2. The highest BCUT2D eigenvalue weighted by molar-refractivity contribution is 9.08. The van der Waals surface area contributed by atoms with Crippen molar-refractivity contribution in [3.63, 3.8) is 0 Å². The lowest BCUT2D eigenvalue weighted by Gasteiger charge is -2.28. The summed E-state index contributed by atoms with van der Waals surface area (Å²) in [6.45, 7) is 0.162. The molecule has 0 spiro atoms. The van der Waals surface area contributed by atoms with E-state index in [1.807, 2.05) is 0 Å². The van der Waals surface area contributed by atoms with E-state index in [-0.39, 0.29) is 11.4 Å². The predicted molar refractivity (Wildman–Crippen MR) is 82.3 cm³/mol. The molecule has 0 heterocycles. The third-order valence-corrected chi connectivity index (χ3v) is 6.30. The third kappa shape index (κ3) is 3.42. The molecule has 1 aromatic carbocycles. The molecule has 1 aliphatic rings. The van der Waals surface area contributed by atoms with Crippen LogP contribution in [0.4, 0.5) is 0 Å². The van der Waals surface area contributed by atoms with E-state index >= 15 is 0 Å². The summed E-state index contributed by atoms with van der Waals surface area (Å²) in [4.78, 5) is 0.270. The Morgan fingerprint density at radius 2 is 1.80 bits per heavy atom. The van der Waals surface area contributed by atoms with Gasteiger partial charge < -0.3 is 5.11 Å². The molecule has 0 atom stereocenters. The normalized spacial score (nSPS) is 18.6. The SMILES string of the molecule is CN(CC1(O)CCCC1)S(=O)(=O)c1ccc(CBr)cc1. The van der Waals surface area contributed by atoms with Crippen molar-refractivity contribution in [1.82, 2.24) is 4.31 Å². The van der Waals surface area contributed by atoms with E-state index in [1.165, 1.54) is 11.4 Å². The van der Waals surface area contributed by atoms with Gasteiger partial charge in [-0.3, -0.25) is 0 Å². The van der Waals surface area contributed by atoms with E-state index in [0.29, 0.717) is 18.2 Å². The maximum Gasteiger partial charge on any atom is 0.242 e. The Morgan fingerprint density at radius 3 is 2.30 bits per heavy atom. The van der Waals surface area contributed by atoms with E-state index in [4.69, 9.17) is 0 Å². The van der Waals surface area contributed by atoms with Crippen molar-refractivity contribution in [3.05, 3.63) is 29.8 Å². The van der Waals surface area contributed by atoms with Crippen molar-refractivity contribution >= 4 is 26.0 Å². The van der Waals surface area contributed by atoms with Gasteiger partial charge in [-0.05, 0) is 30.5 Å². The summed E-state index contributed by atoms with van der Waals surface area (Å²) in [7, 11) is -2.00. The molecule has 0 amide bonds. The van der Waals surface area contributed by atoms with Crippen LogP contribution in [-0.4, -0.2) is 37.0 Å². The van der Waals surface area contributed by atoms with Crippen LogP contribution in [0.1, 0.15) is 31.2 Å². The van der Waals surface area contributed by atoms with Crippen LogP contribution in [0.5, 0.6) is 0 Å². The fourth-order valence-corrected chi connectivity index (χ4v) is 4.25. The minimum Gasteiger partial charge on any atom is -0.389 e. The van der Waals surface area contributed by atoms with Crippen molar-refractivity contribution in [1.29, 1.82) is 0 Å². The van der Waals surface area contributed by atoms with Crippen molar-refractivity contribution < 1.29 is 13.5 Å². The average molecular weight is 362 g/mol. The second-order valence-corrected chi connectivity index (χ2v) is 8.08. The lowest BCUT2D eigenvalue weighted by molar-refractivity contribution is 0.0333. The Balaban J connectivity index is 2.15. The van der Waals surface area contributed by atoms with Gasteiger partial charge in [0.2, 0.25) is 10.0 Å². The lowest BCUT2D eigenvalue weighted by Crippen LogP contribution is -2.41. The number of nitrogens with zero attached hydrogens (tertiary/aromatic N) is 1. The number of halogens is 1. The molecule has 0 bridgehead atoms. The first-order valence-corrected chi connectivity index (χ1v) is 9.27. The molecule has 20 heavy (non-hydrogen) atoms. The molecular formula is C14H20BrNO3S. The lowest BCUT2D eigenvalue weighted by atomic mass is 10.0. The van der Waals surface area contributed by atoms with E-state index in [9.17, 15) is 13.5 Å². The summed E-state index contributed by atoms with van der Waals surface area (Å²) in [5.41, 5.74) is 0.165. The number of rotatable bonds is 5. The van der Waals surface area contributed by atoms with Gasteiger partial charge in [0.25, 0.3) is 0 Å². The molecule has 1 fully saturated rings. The van der Waals surface area contributed by atoms with Crippen molar-refractivity contribution in [3.8, 4) is 0 Å². The standard InChI is InChI=1S/C14H20BrNO3S/c1-16(11-14(17)8-2-3-9-14)20(18,19)13-6-4-12(10-15)5-7-13/h4-7,17H,2-3,8-11H2,1H3. The number of aliphatic hydroxyl groups is 1. The fourth-order valence-electron chi connectivity index (χ4n) is 2.62. The van der Waals surface area contributed by atoms with Gasteiger partial charge in [0.15, 0.2) is 0 Å². The van der Waals surface area contributed by atoms with E-state index in [1.54, 1.807) is 24.3 Å². The molecule has 2 rings (SSSR count). The average Bonchev–Trinajstić information content (AvgIpc) is 2.85. The first-order chi connectivity index (χ1) is 9.37. The summed E-state index contributed by atoms with van der Waals surface area (Å²) in [6, 6.07) is 6.81. The smallest absolute Gasteiger partial charge is 0.242 e. The minimum atomic E-state index is -3.53. The van der Waals surface area contributed by atoms with Crippen LogP contribution in [0.15, 0.2) is 29.2 Å². The number of likely N-dealkylation sites (N-methyl/N-ethyl adjacent to an activating group) is 1. The molecule has 6 heteroatoms. The minimum absolute atomic E-state index is 0.162. The van der Waals surface area contributed by atoms with Crippen LogP contribution in [-0.2, 0) is 15.4 Å². The zero-order chi connectivity index (χ0) is 14.8. The van der Waals surface area contributed by atoms with Crippen molar-refractivity contribution in [2.75, 3.05) is 13.6 Å². The van der Waals surface area contributed by atoms with Gasteiger partial charge in [-0.15, -0.1) is 0 Å². The van der Waals surface area contributed by atoms with Gasteiger partial charge in [0, 0.05) is 18.9 Å². The zero-order valence-corrected chi connectivity index (χ0v) is 14.0. The molecule has 4 nitrogen and oxygen atoms in total. The molecule has 0 unspecified atom stereocenters. The van der Waals surface area contributed by atoms with Gasteiger partial charge in [-0.25, -0.2) is 8.42 Å². The Hall–Kier alpha value is -0.430. The molecule has 0 saturated heterocycles.